The van der Waals surface area contributed by atoms with Crippen LogP contribution in [0.25, 0.3) is 0 Å². The van der Waals surface area contributed by atoms with Crippen molar-refractivity contribution in [2.24, 2.45) is 0 Å². The van der Waals surface area contributed by atoms with Crippen molar-refractivity contribution in [1.82, 2.24) is 0 Å². The quantitative estimate of drug-likeness (QED) is 0.834. The maximum absolute atomic E-state index is 13.5. The predicted octanol–water partition coefficient (Wildman–Crippen LogP) is 4.99. The van der Waals surface area contributed by atoms with E-state index in [0.29, 0.717) is 20.7 Å². The van der Waals surface area contributed by atoms with Gasteiger partial charge >= 0.3 is 0 Å². The predicted molar refractivity (Wildman–Crippen MR) is 72.8 cm³/mol. The third-order valence-corrected chi connectivity index (χ3v) is 3.49. The summed E-state index contributed by atoms with van der Waals surface area (Å²) < 4.78 is 27.3. The van der Waals surface area contributed by atoms with Crippen LogP contribution in [0.1, 0.15) is 5.56 Å². The molecule has 0 atom stereocenters. The van der Waals surface area contributed by atoms with Gasteiger partial charge in [-0.3, -0.25) is 0 Å². The summed E-state index contributed by atoms with van der Waals surface area (Å²) in [7, 11) is 0. The minimum absolute atomic E-state index is 0.188. The Morgan fingerprint density at radius 2 is 1.94 bits per heavy atom. The molecule has 94 valence electrons. The molecule has 0 saturated carbocycles. The minimum atomic E-state index is -0.387. The van der Waals surface area contributed by atoms with Gasteiger partial charge in [0.1, 0.15) is 11.6 Å². The lowest BCUT2D eigenvalue weighted by atomic mass is 10.2. The van der Waals surface area contributed by atoms with Gasteiger partial charge in [0.2, 0.25) is 0 Å². The highest BCUT2D eigenvalue weighted by Crippen LogP contribution is 2.25. The van der Waals surface area contributed by atoms with Gasteiger partial charge in [0.05, 0.1) is 5.69 Å². The smallest absolute Gasteiger partial charge is 0.129 e. The van der Waals surface area contributed by atoms with Crippen molar-refractivity contribution in [2.75, 3.05) is 5.32 Å². The fourth-order valence-corrected chi connectivity index (χ4v) is 2.13. The van der Waals surface area contributed by atoms with Crippen LogP contribution in [0.5, 0.6) is 0 Å². The summed E-state index contributed by atoms with van der Waals surface area (Å²) >= 11 is 9.19. The molecule has 0 aromatic heterocycles. The molecule has 1 N–H and O–H groups in total. The monoisotopic (exact) mass is 331 g/mol. The first-order chi connectivity index (χ1) is 8.58. The van der Waals surface area contributed by atoms with Crippen LogP contribution in [-0.2, 0) is 6.54 Å². The number of hydrogen-bond acceptors (Lipinski definition) is 1. The van der Waals surface area contributed by atoms with Crippen LogP contribution in [0.4, 0.5) is 14.5 Å². The van der Waals surface area contributed by atoms with E-state index < -0.39 is 0 Å². The highest BCUT2D eigenvalue weighted by atomic mass is 79.9. The number of nitrogens with one attached hydrogen (secondary N) is 1. The van der Waals surface area contributed by atoms with Crippen molar-refractivity contribution in [3.05, 3.63) is 63.1 Å². The normalized spacial score (nSPS) is 10.4. The van der Waals surface area contributed by atoms with Gasteiger partial charge in [-0.15, -0.1) is 0 Å². The topological polar surface area (TPSA) is 12.0 Å². The third kappa shape index (κ3) is 3.00. The van der Waals surface area contributed by atoms with E-state index in [1.54, 1.807) is 18.2 Å². The highest BCUT2D eigenvalue weighted by Gasteiger charge is 2.08. The van der Waals surface area contributed by atoms with Crippen LogP contribution >= 0.6 is 27.5 Å². The van der Waals surface area contributed by atoms with E-state index in [9.17, 15) is 8.78 Å². The van der Waals surface area contributed by atoms with Crippen LogP contribution in [0.15, 0.2) is 40.9 Å². The van der Waals surface area contributed by atoms with E-state index in [1.165, 1.54) is 18.2 Å². The Bertz CT molecular complexity index is 555. The van der Waals surface area contributed by atoms with Gasteiger partial charge in [-0.2, -0.15) is 0 Å². The molecular weight excluding hydrogens is 324 g/mol. The molecule has 2 aromatic rings. The first-order valence-electron chi connectivity index (χ1n) is 5.20. The van der Waals surface area contributed by atoms with E-state index in [1.807, 2.05) is 0 Å². The summed E-state index contributed by atoms with van der Waals surface area (Å²) in [6.07, 6.45) is 0. The molecule has 1 nitrogen and oxygen atoms in total. The van der Waals surface area contributed by atoms with Crippen molar-refractivity contribution in [3.8, 4) is 0 Å². The van der Waals surface area contributed by atoms with Crippen LogP contribution in [0, 0.1) is 11.6 Å². The average Bonchev–Trinajstić information content (AvgIpc) is 2.33. The van der Waals surface area contributed by atoms with E-state index in [-0.39, 0.29) is 18.2 Å². The van der Waals surface area contributed by atoms with Crippen LogP contribution < -0.4 is 5.32 Å². The third-order valence-electron chi connectivity index (χ3n) is 2.45. The molecule has 0 unspecified atom stereocenters. The number of hydrogen-bond donors (Lipinski definition) is 1. The second-order valence-corrected chi connectivity index (χ2v) is 4.94. The maximum Gasteiger partial charge on any atom is 0.129 e. The largest absolute Gasteiger partial charge is 0.380 e. The molecule has 2 rings (SSSR count). The molecular formula is C13H9BrClF2N. The fourth-order valence-electron chi connectivity index (χ4n) is 1.52. The van der Waals surface area contributed by atoms with Crippen molar-refractivity contribution in [2.45, 2.75) is 6.54 Å². The van der Waals surface area contributed by atoms with Crippen LogP contribution in [0.3, 0.4) is 0 Å². The Balaban J connectivity index is 2.19. The van der Waals surface area contributed by atoms with Crippen LogP contribution in [-0.4, -0.2) is 0 Å². The second kappa shape index (κ2) is 5.67. The molecule has 18 heavy (non-hydrogen) atoms. The molecule has 0 aliphatic heterocycles. The molecule has 0 aliphatic rings. The van der Waals surface area contributed by atoms with E-state index in [0.717, 1.165) is 0 Å². The lowest BCUT2D eigenvalue weighted by Gasteiger charge is -2.10. The molecule has 0 radical (unpaired) electrons. The van der Waals surface area contributed by atoms with Crippen molar-refractivity contribution < 1.29 is 8.78 Å². The Morgan fingerprint density at radius 3 is 2.67 bits per heavy atom. The Labute approximate surface area is 117 Å². The molecule has 2 aromatic carbocycles. The summed E-state index contributed by atoms with van der Waals surface area (Å²) in [6.45, 7) is 0.188. The summed E-state index contributed by atoms with van der Waals surface area (Å²) in [5.41, 5.74) is 0.907. The number of rotatable bonds is 3. The summed E-state index contributed by atoms with van der Waals surface area (Å²) in [5, 5.41) is 3.28. The van der Waals surface area contributed by atoms with E-state index in [2.05, 4.69) is 21.2 Å². The molecule has 5 heteroatoms. The van der Waals surface area contributed by atoms with E-state index >= 15 is 0 Å². The van der Waals surface area contributed by atoms with Crippen molar-refractivity contribution in [1.29, 1.82) is 0 Å². The van der Waals surface area contributed by atoms with Crippen molar-refractivity contribution in [3.63, 3.8) is 0 Å². The second-order valence-electron chi connectivity index (χ2n) is 3.68. The number of benzene rings is 2. The summed E-state index contributed by atoms with van der Waals surface area (Å²) in [6, 6.07) is 8.75. The first-order valence-corrected chi connectivity index (χ1v) is 6.37. The SMILES string of the molecule is Fc1ccc(Br)c(NCc2c(F)cccc2Cl)c1. The highest BCUT2D eigenvalue weighted by molar-refractivity contribution is 9.10. The van der Waals surface area contributed by atoms with Crippen LogP contribution in [0.2, 0.25) is 5.02 Å². The van der Waals surface area contributed by atoms with Gasteiger partial charge in [0.25, 0.3) is 0 Å². The number of halogens is 4. The lowest BCUT2D eigenvalue weighted by Crippen LogP contribution is -2.03. The Kier molecular flexibility index (Phi) is 4.19. The van der Waals surface area contributed by atoms with Crippen molar-refractivity contribution >= 4 is 33.2 Å². The Morgan fingerprint density at radius 1 is 1.17 bits per heavy atom. The molecule has 0 saturated heterocycles. The van der Waals surface area contributed by atoms with Gasteiger partial charge < -0.3 is 5.32 Å². The van der Waals surface area contributed by atoms with Gasteiger partial charge in [-0.25, -0.2) is 8.78 Å². The average molecular weight is 333 g/mol. The maximum atomic E-state index is 13.5. The summed E-state index contributed by atoms with van der Waals surface area (Å²) in [5.74, 6) is -0.747. The zero-order valence-electron chi connectivity index (χ0n) is 9.18. The van der Waals surface area contributed by atoms with E-state index in [4.69, 9.17) is 11.6 Å². The zero-order valence-corrected chi connectivity index (χ0v) is 11.5. The number of anilines is 1. The zero-order chi connectivity index (χ0) is 13.1. The fraction of sp³-hybridized carbons (Fsp3) is 0.0769. The van der Waals surface area contributed by atoms with Gasteiger partial charge in [0.15, 0.2) is 0 Å². The van der Waals surface area contributed by atoms with Gasteiger partial charge in [-0.05, 0) is 46.3 Å². The standard InChI is InChI=1S/C13H9BrClF2N/c14-10-5-4-8(16)6-13(10)18-7-9-11(15)2-1-3-12(9)17/h1-6,18H,7H2. The molecule has 0 fully saturated rings. The molecule has 0 spiro atoms. The first kappa shape index (κ1) is 13.3. The molecule has 0 bridgehead atoms. The van der Waals surface area contributed by atoms with Gasteiger partial charge in [-0.1, -0.05) is 17.7 Å². The molecule has 0 aliphatic carbocycles. The lowest BCUT2D eigenvalue weighted by molar-refractivity contribution is 0.613. The summed E-state index contributed by atoms with van der Waals surface area (Å²) in [4.78, 5) is 0. The molecule has 0 heterocycles. The van der Waals surface area contributed by atoms with Gasteiger partial charge in [0, 0.05) is 21.6 Å². The Hall–Kier alpha value is -1.13. The minimum Gasteiger partial charge on any atom is -0.380 e. The molecule has 0 amide bonds.